The quantitative estimate of drug-likeness (QED) is 0.715. The highest BCUT2D eigenvalue weighted by Crippen LogP contribution is 2.27. The molecular formula is C22H27N5O. The third kappa shape index (κ3) is 3.86. The van der Waals surface area contributed by atoms with Gasteiger partial charge in [-0.25, -0.2) is 4.98 Å². The first-order valence-corrected chi connectivity index (χ1v) is 10.1. The van der Waals surface area contributed by atoms with Crippen LogP contribution in [-0.2, 0) is 17.9 Å². The van der Waals surface area contributed by atoms with Gasteiger partial charge in [0.1, 0.15) is 0 Å². The van der Waals surface area contributed by atoms with Crippen molar-refractivity contribution in [3.05, 3.63) is 54.4 Å². The van der Waals surface area contributed by atoms with Gasteiger partial charge in [0.15, 0.2) is 0 Å². The van der Waals surface area contributed by atoms with Crippen LogP contribution in [0, 0.1) is 5.92 Å². The highest BCUT2D eigenvalue weighted by molar-refractivity contribution is 5.81. The number of nitrogens with one attached hydrogen (secondary N) is 1. The molecule has 1 saturated heterocycles. The molecule has 1 aromatic carbocycles. The molecular weight excluding hydrogens is 350 g/mol. The fraction of sp³-hybridized carbons (Fsp3) is 0.409. The van der Waals surface area contributed by atoms with Crippen molar-refractivity contribution in [3.63, 3.8) is 0 Å². The fourth-order valence-corrected chi connectivity index (χ4v) is 3.96. The number of pyridine rings is 1. The lowest BCUT2D eigenvalue weighted by molar-refractivity contribution is -0.125. The van der Waals surface area contributed by atoms with Crippen LogP contribution in [0.2, 0.25) is 0 Å². The van der Waals surface area contributed by atoms with Gasteiger partial charge in [0.25, 0.3) is 0 Å². The second kappa shape index (κ2) is 8.42. The number of carbonyl (C=O) groups is 1. The number of fused-ring (bicyclic) bond motifs is 1. The van der Waals surface area contributed by atoms with E-state index >= 15 is 0 Å². The molecule has 1 amide bonds. The molecule has 1 aliphatic heterocycles. The van der Waals surface area contributed by atoms with Crippen molar-refractivity contribution in [2.24, 2.45) is 5.92 Å². The van der Waals surface area contributed by atoms with E-state index in [0.717, 1.165) is 55.9 Å². The maximum absolute atomic E-state index is 12.8. The van der Waals surface area contributed by atoms with Crippen molar-refractivity contribution in [1.82, 2.24) is 19.9 Å². The smallest absolute Gasteiger partial charge is 0.225 e. The van der Waals surface area contributed by atoms with Gasteiger partial charge in [-0.15, -0.1) is 0 Å². The van der Waals surface area contributed by atoms with Crippen LogP contribution in [0.4, 0.5) is 5.95 Å². The Bertz CT molecular complexity index is 937. The molecule has 6 heteroatoms. The molecule has 0 unspecified atom stereocenters. The molecule has 1 aliphatic rings. The summed E-state index contributed by atoms with van der Waals surface area (Å²) in [5, 5.41) is 3.09. The lowest BCUT2D eigenvalue weighted by Crippen LogP contribution is -2.43. The zero-order valence-electron chi connectivity index (χ0n) is 16.3. The third-order valence-corrected chi connectivity index (χ3v) is 5.37. The molecule has 0 spiro atoms. The van der Waals surface area contributed by atoms with E-state index in [2.05, 4.69) is 44.9 Å². The maximum Gasteiger partial charge on any atom is 0.225 e. The van der Waals surface area contributed by atoms with Gasteiger partial charge < -0.3 is 14.8 Å². The fourth-order valence-electron chi connectivity index (χ4n) is 3.96. The normalized spacial score (nSPS) is 17.0. The minimum atomic E-state index is -0.00882. The van der Waals surface area contributed by atoms with Crippen molar-refractivity contribution >= 4 is 22.9 Å². The van der Waals surface area contributed by atoms with Gasteiger partial charge in [0, 0.05) is 38.6 Å². The first-order valence-electron chi connectivity index (χ1n) is 10.1. The van der Waals surface area contributed by atoms with Gasteiger partial charge in [-0.3, -0.25) is 9.78 Å². The van der Waals surface area contributed by atoms with E-state index in [4.69, 9.17) is 4.98 Å². The van der Waals surface area contributed by atoms with Crippen LogP contribution in [0.5, 0.6) is 0 Å². The molecule has 1 atom stereocenters. The molecule has 0 aliphatic carbocycles. The predicted molar refractivity (Wildman–Crippen MR) is 111 cm³/mol. The molecule has 0 radical (unpaired) electrons. The summed E-state index contributed by atoms with van der Waals surface area (Å²) in [5.74, 6) is 1.11. The second-order valence-electron chi connectivity index (χ2n) is 7.41. The van der Waals surface area contributed by atoms with Gasteiger partial charge in [-0.2, -0.15) is 0 Å². The summed E-state index contributed by atoms with van der Waals surface area (Å²) in [5.41, 5.74) is 3.26. The maximum atomic E-state index is 12.8. The van der Waals surface area contributed by atoms with Crippen LogP contribution in [0.1, 0.15) is 31.7 Å². The minimum absolute atomic E-state index is 0.00882. The van der Waals surface area contributed by atoms with Crippen LogP contribution >= 0.6 is 0 Å². The van der Waals surface area contributed by atoms with Gasteiger partial charge in [-0.1, -0.05) is 19.1 Å². The molecule has 4 rings (SSSR count). The Morgan fingerprint density at radius 1 is 1.21 bits per heavy atom. The van der Waals surface area contributed by atoms with Crippen LogP contribution in [0.25, 0.3) is 11.0 Å². The van der Waals surface area contributed by atoms with Crippen molar-refractivity contribution in [2.45, 2.75) is 39.3 Å². The molecule has 0 bridgehead atoms. The summed E-state index contributed by atoms with van der Waals surface area (Å²) in [6.45, 7) is 5.33. The number of amides is 1. The number of aromatic nitrogens is 3. The molecule has 28 heavy (non-hydrogen) atoms. The average Bonchev–Trinajstić information content (AvgIpc) is 3.12. The van der Waals surface area contributed by atoms with E-state index in [-0.39, 0.29) is 11.8 Å². The molecule has 2 aromatic heterocycles. The molecule has 1 fully saturated rings. The minimum Gasteiger partial charge on any atom is -0.352 e. The van der Waals surface area contributed by atoms with E-state index in [0.29, 0.717) is 6.54 Å². The predicted octanol–water partition coefficient (Wildman–Crippen LogP) is 3.37. The summed E-state index contributed by atoms with van der Waals surface area (Å²) in [4.78, 5) is 23.9. The van der Waals surface area contributed by atoms with E-state index in [9.17, 15) is 4.79 Å². The molecule has 146 valence electrons. The number of para-hydroxylation sites is 2. The summed E-state index contributed by atoms with van der Waals surface area (Å²) < 4.78 is 2.30. The molecule has 3 aromatic rings. The Balaban J connectivity index is 1.48. The van der Waals surface area contributed by atoms with Crippen LogP contribution in [-0.4, -0.2) is 33.5 Å². The lowest BCUT2D eigenvalue weighted by atomic mass is 9.97. The molecule has 6 nitrogen and oxygen atoms in total. The summed E-state index contributed by atoms with van der Waals surface area (Å²) >= 11 is 0. The highest BCUT2D eigenvalue weighted by Gasteiger charge is 2.28. The first kappa shape index (κ1) is 18.5. The van der Waals surface area contributed by atoms with Gasteiger partial charge in [0.05, 0.1) is 17.0 Å². The number of benzene rings is 1. The molecule has 1 N–H and O–H groups in total. The van der Waals surface area contributed by atoms with E-state index < -0.39 is 0 Å². The van der Waals surface area contributed by atoms with E-state index in [1.54, 1.807) is 12.4 Å². The molecule has 0 saturated carbocycles. The Morgan fingerprint density at radius 3 is 2.86 bits per heavy atom. The zero-order chi connectivity index (χ0) is 19.3. The third-order valence-electron chi connectivity index (χ3n) is 5.37. The Hall–Kier alpha value is -2.89. The second-order valence-corrected chi connectivity index (χ2v) is 7.41. The number of anilines is 1. The summed E-state index contributed by atoms with van der Waals surface area (Å²) in [6.07, 6.45) is 6.48. The van der Waals surface area contributed by atoms with Gasteiger partial charge in [0.2, 0.25) is 11.9 Å². The Kier molecular flexibility index (Phi) is 5.55. The van der Waals surface area contributed by atoms with Crippen LogP contribution in [0.3, 0.4) is 0 Å². The van der Waals surface area contributed by atoms with E-state index in [1.807, 2.05) is 18.2 Å². The SMILES string of the molecule is CCCn1c(N2CCC[C@H](C(=O)NCc3ccncc3)C2)nc2ccccc21. The van der Waals surface area contributed by atoms with Crippen molar-refractivity contribution < 1.29 is 4.79 Å². The number of hydrogen-bond donors (Lipinski definition) is 1. The van der Waals surface area contributed by atoms with E-state index in [1.165, 1.54) is 5.52 Å². The Morgan fingerprint density at radius 2 is 2.04 bits per heavy atom. The lowest BCUT2D eigenvalue weighted by Gasteiger charge is -2.33. The number of hydrogen-bond acceptors (Lipinski definition) is 4. The average molecular weight is 377 g/mol. The number of rotatable bonds is 6. The topological polar surface area (TPSA) is 63.1 Å². The standard InChI is InChI=1S/C22H27N5O/c1-2-13-27-20-8-4-3-7-19(20)25-22(27)26-14-5-6-18(16-26)21(28)24-15-17-9-11-23-12-10-17/h3-4,7-12,18H,2,5-6,13-16H2,1H3,(H,24,28)/t18-/m0/s1. The van der Waals surface area contributed by atoms with Crippen LogP contribution < -0.4 is 10.2 Å². The zero-order valence-corrected chi connectivity index (χ0v) is 16.3. The summed E-state index contributed by atoms with van der Waals surface area (Å²) in [6, 6.07) is 12.1. The largest absolute Gasteiger partial charge is 0.352 e. The van der Waals surface area contributed by atoms with Gasteiger partial charge in [-0.05, 0) is 49.1 Å². The van der Waals surface area contributed by atoms with Crippen molar-refractivity contribution in [3.8, 4) is 0 Å². The number of piperidine rings is 1. The monoisotopic (exact) mass is 377 g/mol. The number of nitrogens with zero attached hydrogens (tertiary/aromatic N) is 4. The number of carbonyl (C=O) groups excluding carboxylic acids is 1. The number of aryl methyl sites for hydroxylation is 1. The Labute approximate surface area is 165 Å². The van der Waals surface area contributed by atoms with Crippen LogP contribution in [0.15, 0.2) is 48.8 Å². The van der Waals surface area contributed by atoms with Crippen molar-refractivity contribution in [1.29, 1.82) is 0 Å². The first-order chi connectivity index (χ1) is 13.8. The highest BCUT2D eigenvalue weighted by atomic mass is 16.1. The van der Waals surface area contributed by atoms with Crippen molar-refractivity contribution in [2.75, 3.05) is 18.0 Å². The van der Waals surface area contributed by atoms with Gasteiger partial charge >= 0.3 is 0 Å². The molecule has 3 heterocycles. The number of imidazole rings is 1. The summed E-state index contributed by atoms with van der Waals surface area (Å²) in [7, 11) is 0.